The molecular weight excluding hydrogens is 222 g/mol. The fourth-order valence-corrected chi connectivity index (χ4v) is 1.30. The third-order valence-corrected chi connectivity index (χ3v) is 2.14. The smallest absolute Gasteiger partial charge is 0.143 e. The summed E-state index contributed by atoms with van der Waals surface area (Å²) >= 11 is 0. The molecule has 0 atom stereocenters. The van der Waals surface area contributed by atoms with E-state index in [9.17, 15) is 0 Å². The van der Waals surface area contributed by atoms with Crippen molar-refractivity contribution in [3.05, 3.63) is 23.5 Å². The van der Waals surface area contributed by atoms with Crippen LogP contribution in [0.25, 0.3) is 0 Å². The topological polar surface area (TPSA) is 60.8 Å². The van der Waals surface area contributed by atoms with E-state index in [4.69, 9.17) is 19.3 Å². The van der Waals surface area contributed by atoms with Crippen molar-refractivity contribution in [3.63, 3.8) is 0 Å². The van der Waals surface area contributed by atoms with Gasteiger partial charge in [-0.3, -0.25) is 4.98 Å². The van der Waals surface area contributed by atoms with E-state index in [0.717, 1.165) is 5.69 Å². The summed E-state index contributed by atoms with van der Waals surface area (Å²) in [6, 6.07) is 3.66. The number of nitrogens with zero attached hydrogens (tertiary/aromatic N) is 1. The minimum Gasteiger partial charge on any atom is -0.489 e. The molecule has 1 heterocycles. The zero-order valence-corrected chi connectivity index (χ0v) is 10.3. The molecule has 0 unspecified atom stereocenters. The van der Waals surface area contributed by atoms with Gasteiger partial charge >= 0.3 is 0 Å². The molecule has 1 aromatic rings. The van der Waals surface area contributed by atoms with Gasteiger partial charge < -0.3 is 19.3 Å². The molecule has 1 aromatic heterocycles. The van der Waals surface area contributed by atoms with Crippen molar-refractivity contribution in [2.45, 2.75) is 13.5 Å². The molecule has 1 rings (SSSR count). The van der Waals surface area contributed by atoms with Crippen LogP contribution in [0.2, 0.25) is 0 Å². The van der Waals surface area contributed by atoms with Crippen molar-refractivity contribution in [2.75, 3.05) is 33.5 Å². The first-order chi connectivity index (χ1) is 8.27. The van der Waals surface area contributed by atoms with Crippen LogP contribution in [-0.2, 0) is 16.1 Å². The monoisotopic (exact) mass is 241 g/mol. The summed E-state index contributed by atoms with van der Waals surface area (Å²) in [6.45, 7) is 3.80. The predicted octanol–water partition coefficient (Wildman–Crippen LogP) is 0.924. The summed E-state index contributed by atoms with van der Waals surface area (Å²) in [6.07, 6.45) is 0. The molecule has 0 aromatic carbocycles. The fraction of sp³-hybridized carbons (Fsp3) is 0.583. The highest BCUT2D eigenvalue weighted by Gasteiger charge is 2.04. The molecule has 5 heteroatoms. The van der Waals surface area contributed by atoms with Gasteiger partial charge in [0, 0.05) is 12.8 Å². The second kappa shape index (κ2) is 8.00. The number of aryl methyl sites for hydroxylation is 1. The molecule has 0 saturated carbocycles. The average molecular weight is 241 g/mol. The van der Waals surface area contributed by atoms with E-state index in [-0.39, 0.29) is 6.61 Å². The van der Waals surface area contributed by atoms with Crippen LogP contribution in [0.3, 0.4) is 0 Å². The van der Waals surface area contributed by atoms with Crippen molar-refractivity contribution in [1.29, 1.82) is 0 Å². The third-order valence-electron chi connectivity index (χ3n) is 2.14. The number of rotatable bonds is 8. The zero-order chi connectivity index (χ0) is 12.5. The Labute approximate surface area is 101 Å². The first-order valence-electron chi connectivity index (χ1n) is 5.54. The molecule has 0 aliphatic heterocycles. The summed E-state index contributed by atoms with van der Waals surface area (Å²) in [4.78, 5) is 4.18. The highest BCUT2D eigenvalue weighted by molar-refractivity contribution is 5.28. The van der Waals surface area contributed by atoms with E-state index in [2.05, 4.69) is 4.98 Å². The van der Waals surface area contributed by atoms with Gasteiger partial charge in [-0.1, -0.05) is 0 Å². The molecule has 0 fully saturated rings. The number of ether oxygens (including phenoxy) is 3. The van der Waals surface area contributed by atoms with Crippen LogP contribution < -0.4 is 4.74 Å². The van der Waals surface area contributed by atoms with Gasteiger partial charge in [-0.15, -0.1) is 0 Å². The van der Waals surface area contributed by atoms with Crippen LogP contribution in [-0.4, -0.2) is 43.6 Å². The maximum absolute atomic E-state index is 9.13. The van der Waals surface area contributed by atoms with E-state index in [1.807, 2.05) is 19.1 Å². The van der Waals surface area contributed by atoms with Crippen molar-refractivity contribution in [2.24, 2.45) is 0 Å². The SMILES string of the molecule is COCCOCCOc1ccc(C)nc1CO. The maximum Gasteiger partial charge on any atom is 0.143 e. The number of aliphatic hydroxyl groups excluding tert-OH is 1. The molecule has 96 valence electrons. The lowest BCUT2D eigenvalue weighted by Crippen LogP contribution is -2.11. The Balaban J connectivity index is 2.31. The Kier molecular flexibility index (Phi) is 6.54. The molecule has 0 spiro atoms. The summed E-state index contributed by atoms with van der Waals surface area (Å²) in [5.41, 5.74) is 1.42. The molecule has 0 radical (unpaired) electrons. The van der Waals surface area contributed by atoms with Gasteiger partial charge in [-0.05, 0) is 19.1 Å². The highest BCUT2D eigenvalue weighted by atomic mass is 16.5. The molecule has 17 heavy (non-hydrogen) atoms. The molecule has 0 bridgehead atoms. The van der Waals surface area contributed by atoms with Crippen LogP contribution >= 0.6 is 0 Å². The Bertz CT molecular complexity index is 330. The lowest BCUT2D eigenvalue weighted by Gasteiger charge is -2.10. The molecule has 5 nitrogen and oxygen atoms in total. The second-order valence-electron chi connectivity index (χ2n) is 3.51. The van der Waals surface area contributed by atoms with E-state index in [0.29, 0.717) is 37.9 Å². The van der Waals surface area contributed by atoms with Crippen LogP contribution in [0.5, 0.6) is 5.75 Å². The Morgan fingerprint density at radius 2 is 1.94 bits per heavy atom. The van der Waals surface area contributed by atoms with Crippen molar-refractivity contribution in [1.82, 2.24) is 4.98 Å². The fourth-order valence-electron chi connectivity index (χ4n) is 1.30. The number of aromatic nitrogens is 1. The number of pyridine rings is 1. The second-order valence-corrected chi connectivity index (χ2v) is 3.51. The van der Waals surface area contributed by atoms with Crippen LogP contribution in [0.4, 0.5) is 0 Å². The molecule has 0 aliphatic rings. The first kappa shape index (κ1) is 13.9. The maximum atomic E-state index is 9.13. The number of hydrogen-bond donors (Lipinski definition) is 1. The minimum absolute atomic E-state index is 0.123. The first-order valence-corrected chi connectivity index (χ1v) is 5.54. The average Bonchev–Trinajstić information content (AvgIpc) is 2.35. The largest absolute Gasteiger partial charge is 0.489 e. The van der Waals surface area contributed by atoms with Crippen molar-refractivity contribution >= 4 is 0 Å². The van der Waals surface area contributed by atoms with Gasteiger partial charge in [0.25, 0.3) is 0 Å². The summed E-state index contributed by atoms with van der Waals surface area (Å²) in [5.74, 6) is 0.605. The standard InChI is InChI=1S/C12H19NO4/c1-10-3-4-12(11(9-14)13-10)17-8-7-16-6-5-15-2/h3-4,14H,5-9H2,1-2H3. The normalized spacial score (nSPS) is 10.5. The van der Waals surface area contributed by atoms with E-state index in [1.165, 1.54) is 0 Å². The van der Waals surface area contributed by atoms with Crippen molar-refractivity contribution < 1.29 is 19.3 Å². The summed E-state index contributed by atoms with van der Waals surface area (Å²) in [5, 5.41) is 9.13. The van der Waals surface area contributed by atoms with Gasteiger partial charge in [0.05, 0.1) is 26.4 Å². The molecule has 0 saturated heterocycles. The van der Waals surface area contributed by atoms with Gasteiger partial charge in [0.1, 0.15) is 18.1 Å². The van der Waals surface area contributed by atoms with Gasteiger partial charge in [0.2, 0.25) is 0 Å². The van der Waals surface area contributed by atoms with E-state index >= 15 is 0 Å². The van der Waals surface area contributed by atoms with Gasteiger partial charge in [0.15, 0.2) is 0 Å². The third kappa shape index (κ3) is 5.12. The van der Waals surface area contributed by atoms with Gasteiger partial charge in [-0.25, -0.2) is 0 Å². The lowest BCUT2D eigenvalue weighted by molar-refractivity contribution is 0.0539. The lowest BCUT2D eigenvalue weighted by atomic mass is 10.3. The molecule has 0 aliphatic carbocycles. The summed E-state index contributed by atoms with van der Waals surface area (Å²) in [7, 11) is 1.63. The predicted molar refractivity (Wildman–Crippen MR) is 63.1 cm³/mol. The van der Waals surface area contributed by atoms with E-state index in [1.54, 1.807) is 7.11 Å². The molecule has 1 N–H and O–H groups in total. The van der Waals surface area contributed by atoms with Crippen LogP contribution in [0.1, 0.15) is 11.4 Å². The van der Waals surface area contributed by atoms with E-state index < -0.39 is 0 Å². The number of aliphatic hydroxyl groups is 1. The van der Waals surface area contributed by atoms with Crippen molar-refractivity contribution in [3.8, 4) is 5.75 Å². The van der Waals surface area contributed by atoms with Crippen LogP contribution in [0.15, 0.2) is 12.1 Å². The molecular formula is C12H19NO4. The minimum atomic E-state index is -0.123. The zero-order valence-electron chi connectivity index (χ0n) is 10.3. The Morgan fingerprint density at radius 3 is 2.65 bits per heavy atom. The number of methoxy groups -OCH3 is 1. The Hall–Kier alpha value is -1.17. The highest BCUT2D eigenvalue weighted by Crippen LogP contribution is 2.16. The van der Waals surface area contributed by atoms with Gasteiger partial charge in [-0.2, -0.15) is 0 Å². The molecule has 0 amide bonds. The Morgan fingerprint density at radius 1 is 1.18 bits per heavy atom. The summed E-state index contributed by atoms with van der Waals surface area (Å²) < 4.78 is 15.6. The van der Waals surface area contributed by atoms with Crippen LogP contribution in [0, 0.1) is 6.92 Å². The quantitative estimate of drug-likeness (QED) is 0.686. The number of hydrogen-bond acceptors (Lipinski definition) is 5.